The molecule has 2 amide bonds. The molecule has 0 radical (unpaired) electrons. The predicted octanol–water partition coefficient (Wildman–Crippen LogP) is 3.55. The number of carbonyl (C=O) groups excluding carboxylic acids is 2. The van der Waals surface area contributed by atoms with Gasteiger partial charge in [-0.05, 0) is 24.4 Å². The van der Waals surface area contributed by atoms with E-state index in [1.165, 1.54) is 24.5 Å². The van der Waals surface area contributed by atoms with Crippen molar-refractivity contribution in [3.63, 3.8) is 0 Å². The number of urea groups is 1. The van der Waals surface area contributed by atoms with Gasteiger partial charge in [-0.3, -0.25) is 4.79 Å². The molecule has 0 bridgehead atoms. The molecule has 1 aromatic carbocycles. The molecule has 0 unspecified atom stereocenters. The van der Waals surface area contributed by atoms with E-state index in [2.05, 4.69) is 15.4 Å². The first-order valence-electron chi connectivity index (χ1n) is 7.43. The molecule has 5 nitrogen and oxygen atoms in total. The number of ether oxygens (including phenoxy) is 1. The smallest absolute Gasteiger partial charge is 0.315 e. The van der Waals surface area contributed by atoms with E-state index in [0.717, 1.165) is 4.88 Å². The second-order valence-corrected chi connectivity index (χ2v) is 6.19. The maximum absolute atomic E-state index is 13.8. The highest BCUT2D eigenvalue weighted by Crippen LogP contribution is 2.23. The van der Waals surface area contributed by atoms with Crippen molar-refractivity contribution in [1.82, 2.24) is 10.6 Å². The number of hydrogen-bond acceptors (Lipinski definition) is 4. The number of carbonyl (C=O) groups is 2. The molecule has 0 aliphatic carbocycles. The largest absolute Gasteiger partial charge is 0.469 e. The van der Waals surface area contributed by atoms with E-state index in [0.29, 0.717) is 5.56 Å². The summed E-state index contributed by atoms with van der Waals surface area (Å²) in [7, 11) is 1.30. The van der Waals surface area contributed by atoms with Gasteiger partial charge in [0.1, 0.15) is 5.82 Å². The van der Waals surface area contributed by atoms with Crippen molar-refractivity contribution in [2.75, 3.05) is 7.11 Å². The number of hydrogen-bond donors (Lipinski definition) is 2. The molecular weight excluding hydrogens is 331 g/mol. The highest BCUT2D eigenvalue weighted by Gasteiger charge is 2.21. The molecule has 0 aliphatic rings. The predicted molar refractivity (Wildman–Crippen MR) is 90.2 cm³/mol. The Labute approximate surface area is 143 Å². The Bertz CT molecular complexity index is 691. The zero-order chi connectivity index (χ0) is 17.5. The average Bonchev–Trinajstić information content (AvgIpc) is 3.08. The summed E-state index contributed by atoms with van der Waals surface area (Å²) >= 11 is 1.43. The normalized spacial score (nSPS) is 13.0. The molecule has 1 aromatic heterocycles. The maximum Gasteiger partial charge on any atom is 0.315 e. The topological polar surface area (TPSA) is 67.4 Å². The molecule has 2 atom stereocenters. The fourth-order valence-corrected chi connectivity index (χ4v) is 3.04. The number of nitrogens with one attached hydrogen (secondary N) is 2. The number of benzene rings is 1. The fourth-order valence-electron chi connectivity index (χ4n) is 2.26. The van der Waals surface area contributed by atoms with Gasteiger partial charge in [0.25, 0.3) is 0 Å². The zero-order valence-electron chi connectivity index (χ0n) is 13.4. The summed E-state index contributed by atoms with van der Waals surface area (Å²) in [5.41, 5.74) is 0.397. The Kier molecular flexibility index (Phi) is 6.31. The van der Waals surface area contributed by atoms with Crippen molar-refractivity contribution in [2.24, 2.45) is 0 Å². The minimum atomic E-state index is -0.506. The van der Waals surface area contributed by atoms with Crippen LogP contribution in [0, 0.1) is 5.82 Å². The first-order chi connectivity index (χ1) is 11.5. The number of thiophene rings is 1. The van der Waals surface area contributed by atoms with Crippen LogP contribution in [-0.2, 0) is 9.53 Å². The van der Waals surface area contributed by atoms with Gasteiger partial charge in [0.05, 0.1) is 25.6 Å². The molecule has 0 saturated heterocycles. The van der Waals surface area contributed by atoms with Crippen LogP contribution < -0.4 is 10.6 Å². The summed E-state index contributed by atoms with van der Waals surface area (Å²) in [4.78, 5) is 24.6. The highest BCUT2D eigenvalue weighted by molar-refractivity contribution is 7.10. The quantitative estimate of drug-likeness (QED) is 0.783. The van der Waals surface area contributed by atoms with Crippen molar-refractivity contribution in [1.29, 1.82) is 0 Å². The van der Waals surface area contributed by atoms with Crippen molar-refractivity contribution in [3.05, 3.63) is 58.0 Å². The monoisotopic (exact) mass is 350 g/mol. The van der Waals surface area contributed by atoms with Gasteiger partial charge in [-0.2, -0.15) is 0 Å². The second kappa shape index (κ2) is 8.44. The summed E-state index contributed by atoms with van der Waals surface area (Å²) in [5.74, 6) is -0.800. The lowest BCUT2D eigenvalue weighted by Crippen LogP contribution is -2.40. The van der Waals surface area contributed by atoms with E-state index in [-0.39, 0.29) is 12.2 Å². The summed E-state index contributed by atoms with van der Waals surface area (Å²) in [6.07, 6.45) is 0.0263. The van der Waals surface area contributed by atoms with Gasteiger partial charge in [0.2, 0.25) is 0 Å². The second-order valence-electron chi connectivity index (χ2n) is 5.21. The Balaban J connectivity index is 2.02. The van der Waals surface area contributed by atoms with E-state index < -0.39 is 24.1 Å². The van der Waals surface area contributed by atoms with E-state index in [9.17, 15) is 14.0 Å². The van der Waals surface area contributed by atoms with E-state index >= 15 is 0 Å². The van der Waals surface area contributed by atoms with Crippen LogP contribution in [0.5, 0.6) is 0 Å². The van der Waals surface area contributed by atoms with Gasteiger partial charge in [-0.25, -0.2) is 9.18 Å². The number of methoxy groups -OCH3 is 1. The third-order valence-electron chi connectivity index (χ3n) is 3.51. The van der Waals surface area contributed by atoms with E-state index in [4.69, 9.17) is 0 Å². The molecule has 7 heteroatoms. The Hall–Kier alpha value is -2.41. The number of halogens is 1. The van der Waals surface area contributed by atoms with Crippen LogP contribution in [0.4, 0.5) is 9.18 Å². The van der Waals surface area contributed by atoms with Gasteiger partial charge in [0, 0.05) is 10.4 Å². The van der Waals surface area contributed by atoms with Gasteiger partial charge in [0.15, 0.2) is 0 Å². The van der Waals surface area contributed by atoms with Crippen molar-refractivity contribution in [3.8, 4) is 0 Å². The van der Waals surface area contributed by atoms with Crippen LogP contribution in [0.1, 0.15) is 35.9 Å². The lowest BCUT2D eigenvalue weighted by Gasteiger charge is -2.20. The van der Waals surface area contributed by atoms with Gasteiger partial charge in [-0.1, -0.05) is 24.3 Å². The summed E-state index contributed by atoms with van der Waals surface area (Å²) in [6.45, 7) is 1.69. The van der Waals surface area contributed by atoms with Gasteiger partial charge in [-0.15, -0.1) is 11.3 Å². The van der Waals surface area contributed by atoms with Crippen LogP contribution in [0.15, 0.2) is 41.8 Å². The van der Waals surface area contributed by atoms with Gasteiger partial charge >= 0.3 is 12.0 Å². The van der Waals surface area contributed by atoms with E-state index in [1.54, 1.807) is 25.1 Å². The lowest BCUT2D eigenvalue weighted by molar-refractivity contribution is -0.141. The lowest BCUT2D eigenvalue weighted by atomic mass is 10.1. The van der Waals surface area contributed by atoms with Gasteiger partial charge < -0.3 is 15.4 Å². The molecular formula is C17H19FN2O3S. The van der Waals surface area contributed by atoms with E-state index in [1.807, 2.05) is 17.5 Å². The van der Waals surface area contributed by atoms with Crippen molar-refractivity contribution < 1.29 is 18.7 Å². The summed E-state index contributed by atoms with van der Waals surface area (Å²) in [5, 5.41) is 7.29. The summed E-state index contributed by atoms with van der Waals surface area (Å²) in [6, 6.07) is 8.45. The number of amides is 2. The molecule has 0 saturated carbocycles. The minimum absolute atomic E-state index is 0.0263. The van der Waals surface area contributed by atoms with Crippen LogP contribution in [0.25, 0.3) is 0 Å². The molecule has 128 valence electrons. The zero-order valence-corrected chi connectivity index (χ0v) is 14.2. The highest BCUT2D eigenvalue weighted by atomic mass is 32.1. The molecule has 2 aromatic rings. The van der Waals surface area contributed by atoms with Crippen LogP contribution in [-0.4, -0.2) is 19.1 Å². The fraction of sp³-hybridized carbons (Fsp3) is 0.294. The molecule has 2 N–H and O–H groups in total. The van der Waals surface area contributed by atoms with Crippen LogP contribution in [0.2, 0.25) is 0 Å². The number of esters is 1. The Morgan fingerprint density at radius 3 is 2.58 bits per heavy atom. The van der Waals surface area contributed by atoms with Crippen LogP contribution in [0.3, 0.4) is 0 Å². The Morgan fingerprint density at radius 1 is 1.21 bits per heavy atom. The third kappa shape index (κ3) is 4.79. The SMILES string of the molecule is COC(=O)C[C@@H](NC(=O)N[C@@H](C)c1ccccc1F)c1cccs1. The standard InChI is InChI=1S/C17H19FN2O3S/c1-11(12-6-3-4-7-13(12)18)19-17(22)20-14(10-16(21)23-2)15-8-5-9-24-15/h3-9,11,14H,10H2,1-2H3,(H2,19,20,22)/t11-,14+/m0/s1. The third-order valence-corrected chi connectivity index (χ3v) is 4.50. The Morgan fingerprint density at radius 2 is 1.96 bits per heavy atom. The molecule has 0 aliphatic heterocycles. The first-order valence-corrected chi connectivity index (χ1v) is 8.31. The molecule has 0 spiro atoms. The summed E-state index contributed by atoms with van der Waals surface area (Å²) < 4.78 is 18.4. The van der Waals surface area contributed by atoms with Crippen LogP contribution >= 0.6 is 11.3 Å². The first kappa shape index (κ1) is 17.9. The molecule has 1 heterocycles. The molecule has 2 rings (SSSR count). The molecule has 24 heavy (non-hydrogen) atoms. The average molecular weight is 350 g/mol. The van der Waals surface area contributed by atoms with Crippen molar-refractivity contribution >= 4 is 23.3 Å². The van der Waals surface area contributed by atoms with Crippen molar-refractivity contribution in [2.45, 2.75) is 25.4 Å². The number of rotatable bonds is 6. The maximum atomic E-state index is 13.8. The molecule has 0 fully saturated rings. The minimum Gasteiger partial charge on any atom is -0.469 e.